The Kier molecular flexibility index (Phi) is 9.82. The van der Waals surface area contributed by atoms with E-state index in [1.165, 1.54) is 0 Å². The molecule has 1 aliphatic heterocycles. The van der Waals surface area contributed by atoms with Crippen LogP contribution in [0.2, 0.25) is 0 Å². The fourth-order valence-electron chi connectivity index (χ4n) is 1.97. The second-order valence-electron chi connectivity index (χ2n) is 5.87. The average Bonchev–Trinajstić information content (AvgIpc) is 2.99. The maximum Gasteiger partial charge on any atom is 0.185 e. The predicted octanol–water partition coefficient (Wildman–Crippen LogP) is 2.19. The molecule has 1 heterocycles. The molecule has 27 heavy (non-hydrogen) atoms. The molecule has 1 aromatic rings. The van der Waals surface area contributed by atoms with Crippen molar-refractivity contribution in [2.24, 2.45) is 0 Å². The van der Waals surface area contributed by atoms with Crippen molar-refractivity contribution in [1.82, 2.24) is 8.61 Å². The Morgan fingerprint density at radius 3 is 1.93 bits per heavy atom. The fraction of sp³-hybridized carbons (Fsp3) is 0.467. The third kappa shape index (κ3) is 9.30. The van der Waals surface area contributed by atoms with Gasteiger partial charge in [-0.25, -0.2) is 16.8 Å². The topological polar surface area (TPSA) is 84.0 Å². The van der Waals surface area contributed by atoms with Crippen molar-refractivity contribution >= 4 is 44.0 Å². The van der Waals surface area contributed by atoms with Crippen LogP contribution in [0, 0.1) is 6.67 Å². The zero-order chi connectivity index (χ0) is 20.8. The summed E-state index contributed by atoms with van der Waals surface area (Å²) in [5.41, 5.74) is 0.991. The van der Waals surface area contributed by atoms with Crippen LogP contribution in [0.15, 0.2) is 24.3 Å². The van der Waals surface area contributed by atoms with Crippen LogP contribution in [0.5, 0.6) is 5.75 Å². The van der Waals surface area contributed by atoms with Crippen molar-refractivity contribution in [1.29, 1.82) is 0 Å². The van der Waals surface area contributed by atoms with Crippen LogP contribution in [-0.2, 0) is 33.6 Å². The number of nitrogens with zero attached hydrogens (tertiary/aromatic N) is 2. The number of rotatable bonds is 5. The molecule has 158 valence electrons. The summed E-state index contributed by atoms with van der Waals surface area (Å²) in [7, 11) is 4.99. The number of halogens is 2. The first-order chi connectivity index (χ1) is 12.3. The van der Waals surface area contributed by atoms with E-state index in [-0.39, 0.29) is 19.2 Å². The SMILES string of the molecule is CC(C)Oc1ccccc1[CH]=[Ru]([Cl])[Cl].CS(=O)(=O)N1[CH-]N(S(C)(=O)=O)CC1. The summed E-state index contributed by atoms with van der Waals surface area (Å²) in [4.78, 5) is 0. The van der Waals surface area contributed by atoms with E-state index < -0.39 is 33.6 Å². The smallest absolute Gasteiger partial charge is 0.185 e. The third-order valence-electron chi connectivity index (χ3n) is 3.12. The van der Waals surface area contributed by atoms with Crippen molar-refractivity contribution in [3.05, 3.63) is 36.5 Å². The molecule has 0 amide bonds. The van der Waals surface area contributed by atoms with Crippen molar-refractivity contribution < 1.29 is 35.1 Å². The molecule has 0 N–H and O–H groups in total. The molecule has 0 atom stereocenters. The van der Waals surface area contributed by atoms with Crippen LogP contribution >= 0.6 is 19.4 Å². The Bertz CT molecular complexity index is 834. The minimum absolute atomic E-state index is 0.163. The molecular weight excluding hydrogens is 524 g/mol. The van der Waals surface area contributed by atoms with E-state index in [2.05, 4.69) is 0 Å². The molecule has 0 radical (unpaired) electrons. The van der Waals surface area contributed by atoms with Gasteiger partial charge in [-0.2, -0.15) is 6.67 Å². The van der Waals surface area contributed by atoms with Crippen LogP contribution in [0.1, 0.15) is 19.4 Å². The van der Waals surface area contributed by atoms with Crippen molar-refractivity contribution in [2.45, 2.75) is 20.0 Å². The standard InChI is InChI=1S/C10H12O.C5H11N2O4S2.2ClH.Ru/c1-8(2)11-10-7-5-4-6-9(10)3;1-12(8,9)6-3-4-7(5-6)13(2,10)11;;;/h3-8H,1-2H3;5H,3-4H2,1-2H3;2*1H;/q;-1;;;+2/p-2. The number of hydrogen-bond donors (Lipinski definition) is 0. The molecule has 0 saturated carbocycles. The normalized spacial score (nSPS) is 16.6. The summed E-state index contributed by atoms with van der Waals surface area (Å²) in [6.07, 6.45) is 2.24. The van der Waals surface area contributed by atoms with Crippen LogP contribution in [0.25, 0.3) is 0 Å². The zero-order valence-corrected chi connectivity index (χ0v) is 20.2. The molecule has 7 nitrogen and oxygen atoms in total. The van der Waals surface area contributed by atoms with E-state index >= 15 is 0 Å². The fourth-order valence-corrected chi connectivity index (χ4v) is 5.23. The first kappa shape index (κ1) is 25.0. The summed E-state index contributed by atoms with van der Waals surface area (Å²) in [6, 6.07) is 7.78. The maximum atomic E-state index is 11.0. The molecule has 0 aromatic heterocycles. The molecule has 0 bridgehead atoms. The van der Waals surface area contributed by atoms with Gasteiger partial charge in [0.25, 0.3) is 0 Å². The number of hydrogen-bond acceptors (Lipinski definition) is 5. The second-order valence-corrected chi connectivity index (χ2v) is 15.5. The van der Waals surface area contributed by atoms with Gasteiger partial charge < -0.3 is 8.61 Å². The molecule has 0 aliphatic carbocycles. The largest absolute Gasteiger partial charge is 0.336 e. The summed E-state index contributed by atoms with van der Waals surface area (Å²) >= 11 is -1.77. The van der Waals surface area contributed by atoms with Crippen LogP contribution < -0.4 is 4.74 Å². The molecule has 1 saturated heterocycles. The minimum atomic E-state index is -3.32. The quantitative estimate of drug-likeness (QED) is 0.417. The number of sulfonamides is 2. The number of benzene rings is 1. The molecule has 1 fully saturated rings. The van der Waals surface area contributed by atoms with Crippen LogP contribution in [0.3, 0.4) is 0 Å². The summed E-state index contributed by atoms with van der Waals surface area (Å²) in [6.45, 7) is 5.46. The van der Waals surface area contributed by atoms with E-state index in [1.54, 1.807) is 0 Å². The monoisotopic (exact) mass is 547 g/mol. The molecule has 2 rings (SSSR count). The Balaban J connectivity index is 0.000000271. The Morgan fingerprint density at radius 1 is 1.07 bits per heavy atom. The van der Waals surface area contributed by atoms with E-state index in [0.717, 1.165) is 39.1 Å². The first-order valence-electron chi connectivity index (χ1n) is 7.68. The summed E-state index contributed by atoms with van der Waals surface area (Å²) in [5.74, 6) is 0.850. The summed E-state index contributed by atoms with van der Waals surface area (Å²) in [5, 5.41) is 0. The average molecular weight is 547 g/mol. The van der Waals surface area contributed by atoms with E-state index in [1.807, 2.05) is 42.7 Å². The third-order valence-corrected chi connectivity index (χ3v) is 7.21. The number of ether oxygens (including phenoxy) is 1. The molecular formula is C15H23Cl2N2O5RuS2-. The van der Waals surface area contributed by atoms with Crippen molar-refractivity contribution in [3.63, 3.8) is 0 Å². The van der Waals surface area contributed by atoms with Gasteiger partial charge in [-0.05, 0) is 13.1 Å². The van der Waals surface area contributed by atoms with Crippen LogP contribution in [0.4, 0.5) is 0 Å². The van der Waals surface area contributed by atoms with Gasteiger partial charge in [-0.1, -0.05) is 0 Å². The van der Waals surface area contributed by atoms with Crippen molar-refractivity contribution in [3.8, 4) is 5.75 Å². The van der Waals surface area contributed by atoms with Gasteiger partial charge in [-0.3, -0.25) is 0 Å². The molecule has 0 unspecified atom stereocenters. The maximum absolute atomic E-state index is 11.0. The van der Waals surface area contributed by atoms with E-state index in [4.69, 9.17) is 24.1 Å². The number of para-hydroxylation sites is 1. The Hall–Kier alpha value is -0.0866. The van der Waals surface area contributed by atoms with Gasteiger partial charge >= 0.3 is 97.8 Å². The van der Waals surface area contributed by atoms with E-state index in [0.29, 0.717) is 0 Å². The Morgan fingerprint density at radius 2 is 1.56 bits per heavy atom. The second kappa shape index (κ2) is 10.6. The van der Waals surface area contributed by atoms with Gasteiger partial charge in [0.2, 0.25) is 0 Å². The minimum Gasteiger partial charge on any atom is -0.336 e. The van der Waals surface area contributed by atoms with Gasteiger partial charge in [0.1, 0.15) is 0 Å². The Labute approximate surface area is 174 Å². The predicted molar refractivity (Wildman–Crippen MR) is 106 cm³/mol. The van der Waals surface area contributed by atoms with Gasteiger partial charge in [-0.15, -0.1) is 0 Å². The molecule has 1 aromatic carbocycles. The summed E-state index contributed by atoms with van der Waals surface area (Å²) < 4.78 is 53.4. The molecule has 0 spiro atoms. The molecule has 1 aliphatic rings. The van der Waals surface area contributed by atoms with Gasteiger partial charge in [0, 0.05) is 0 Å². The molecule has 12 heteroatoms. The van der Waals surface area contributed by atoms with Gasteiger partial charge in [0.05, 0.1) is 12.5 Å². The zero-order valence-electron chi connectivity index (χ0n) is 15.3. The van der Waals surface area contributed by atoms with Crippen molar-refractivity contribution in [2.75, 3.05) is 25.6 Å². The van der Waals surface area contributed by atoms with Gasteiger partial charge in [0.15, 0.2) is 20.0 Å². The first-order valence-corrected chi connectivity index (χ1v) is 16.9. The van der Waals surface area contributed by atoms with Crippen LogP contribution in [-0.4, -0.2) is 61.8 Å². The van der Waals surface area contributed by atoms with E-state index in [9.17, 15) is 16.8 Å².